The van der Waals surface area contributed by atoms with E-state index >= 15 is 0 Å². The second-order valence-corrected chi connectivity index (χ2v) is 5.33. The number of fused-ring (bicyclic) bond motifs is 1. The van der Waals surface area contributed by atoms with Crippen LogP contribution in [-0.2, 0) is 5.41 Å². The van der Waals surface area contributed by atoms with Crippen molar-refractivity contribution in [3.63, 3.8) is 0 Å². The normalized spacial score (nSPS) is 12.0. The molecule has 0 bridgehead atoms. The van der Waals surface area contributed by atoms with E-state index in [1.54, 1.807) is 0 Å². The van der Waals surface area contributed by atoms with Gasteiger partial charge in [0.15, 0.2) is 0 Å². The van der Waals surface area contributed by atoms with Crippen LogP contribution in [-0.4, -0.2) is 4.98 Å². The van der Waals surface area contributed by atoms with Gasteiger partial charge in [-0.25, -0.2) is 0 Å². The summed E-state index contributed by atoms with van der Waals surface area (Å²) in [4.78, 5) is 14.7. The Morgan fingerprint density at radius 3 is 2.44 bits per heavy atom. The average molecular weight is 215 g/mol. The van der Waals surface area contributed by atoms with Gasteiger partial charge in [-0.1, -0.05) is 32.9 Å². The molecule has 0 spiro atoms. The lowest BCUT2D eigenvalue weighted by Gasteiger charge is -2.19. The molecule has 2 rings (SSSR count). The maximum absolute atomic E-state index is 11.8. The van der Waals surface area contributed by atoms with E-state index in [1.165, 1.54) is 5.56 Å². The highest BCUT2D eigenvalue weighted by atomic mass is 16.1. The maximum atomic E-state index is 11.8. The molecule has 2 nitrogen and oxygen atoms in total. The molecule has 2 aromatic rings. The lowest BCUT2D eigenvalue weighted by Crippen LogP contribution is -2.13. The summed E-state index contributed by atoms with van der Waals surface area (Å²) >= 11 is 0. The first-order chi connectivity index (χ1) is 7.38. The zero-order valence-electron chi connectivity index (χ0n) is 10.2. The minimum absolute atomic E-state index is 0.00102. The number of hydrogen-bond donors (Lipinski definition) is 1. The van der Waals surface area contributed by atoms with E-state index in [2.05, 4.69) is 31.8 Å². The van der Waals surface area contributed by atoms with Gasteiger partial charge in [0.2, 0.25) is 0 Å². The smallest absolute Gasteiger partial charge is 0.256 e. The quantitative estimate of drug-likeness (QED) is 0.719. The van der Waals surface area contributed by atoms with E-state index in [4.69, 9.17) is 0 Å². The largest absolute Gasteiger partial charge is 0.326 e. The Bertz CT molecular complexity index is 588. The molecular weight excluding hydrogens is 198 g/mol. The van der Waals surface area contributed by atoms with Gasteiger partial charge >= 0.3 is 0 Å². The van der Waals surface area contributed by atoms with E-state index in [0.717, 1.165) is 16.5 Å². The van der Waals surface area contributed by atoms with E-state index in [1.807, 2.05) is 25.1 Å². The molecule has 0 unspecified atom stereocenters. The van der Waals surface area contributed by atoms with E-state index < -0.39 is 0 Å². The van der Waals surface area contributed by atoms with Crippen molar-refractivity contribution in [1.29, 1.82) is 0 Å². The molecule has 16 heavy (non-hydrogen) atoms. The minimum atomic E-state index is 0.00102. The summed E-state index contributed by atoms with van der Waals surface area (Å²) in [6.45, 7) is 8.35. The standard InChI is InChI=1S/C14H17NO/c1-9-7-10-5-6-11(14(2,3)4)8-12(10)13(16)15-9/h5-8H,1-4H3,(H,15,16). The van der Waals surface area contributed by atoms with Crippen LogP contribution in [0.3, 0.4) is 0 Å². The summed E-state index contributed by atoms with van der Waals surface area (Å²) in [5.74, 6) is 0. The van der Waals surface area contributed by atoms with Gasteiger partial charge in [-0.05, 0) is 35.4 Å². The number of H-pyrrole nitrogens is 1. The number of benzene rings is 1. The zero-order valence-corrected chi connectivity index (χ0v) is 10.2. The highest BCUT2D eigenvalue weighted by Gasteiger charge is 2.14. The average Bonchev–Trinajstić information content (AvgIpc) is 2.15. The first kappa shape index (κ1) is 10.9. The van der Waals surface area contributed by atoms with Crippen LogP contribution in [0.2, 0.25) is 0 Å². The third kappa shape index (κ3) is 1.87. The summed E-state index contributed by atoms with van der Waals surface area (Å²) in [6, 6.07) is 8.12. The van der Waals surface area contributed by atoms with Crippen molar-refractivity contribution in [2.24, 2.45) is 0 Å². The molecule has 0 aliphatic heterocycles. The summed E-state index contributed by atoms with van der Waals surface area (Å²) in [5, 5.41) is 1.78. The fourth-order valence-corrected chi connectivity index (χ4v) is 1.86. The predicted molar refractivity (Wildman–Crippen MR) is 68.0 cm³/mol. The Kier molecular flexibility index (Phi) is 2.38. The highest BCUT2D eigenvalue weighted by molar-refractivity contribution is 5.82. The highest BCUT2D eigenvalue weighted by Crippen LogP contribution is 2.24. The van der Waals surface area contributed by atoms with Gasteiger partial charge in [-0.2, -0.15) is 0 Å². The van der Waals surface area contributed by atoms with Gasteiger partial charge in [0.25, 0.3) is 5.56 Å². The molecule has 1 heterocycles. The number of aryl methyl sites for hydroxylation is 1. The van der Waals surface area contributed by atoms with Crippen molar-refractivity contribution in [2.45, 2.75) is 33.1 Å². The van der Waals surface area contributed by atoms with Crippen LogP contribution in [0.25, 0.3) is 10.8 Å². The first-order valence-corrected chi connectivity index (χ1v) is 5.52. The number of nitrogens with one attached hydrogen (secondary N) is 1. The van der Waals surface area contributed by atoms with Crippen LogP contribution in [0.15, 0.2) is 29.1 Å². The fraction of sp³-hybridized carbons (Fsp3) is 0.357. The second-order valence-electron chi connectivity index (χ2n) is 5.33. The second kappa shape index (κ2) is 3.48. The maximum Gasteiger partial charge on any atom is 0.256 e. The molecule has 0 amide bonds. The Labute approximate surface area is 95.3 Å². The topological polar surface area (TPSA) is 32.9 Å². The molecule has 0 aliphatic carbocycles. The molecule has 2 heteroatoms. The molecule has 0 saturated heterocycles. The number of aromatic nitrogens is 1. The Morgan fingerprint density at radius 1 is 1.12 bits per heavy atom. The van der Waals surface area contributed by atoms with Gasteiger partial charge < -0.3 is 4.98 Å². The van der Waals surface area contributed by atoms with Crippen LogP contribution >= 0.6 is 0 Å². The van der Waals surface area contributed by atoms with E-state index in [9.17, 15) is 4.79 Å². The molecule has 0 saturated carbocycles. The molecule has 0 fully saturated rings. The SMILES string of the molecule is Cc1cc2ccc(C(C)(C)C)cc2c(=O)[nH]1. The Balaban J connectivity index is 2.77. The van der Waals surface area contributed by atoms with Gasteiger partial charge in [-0.3, -0.25) is 4.79 Å². The summed E-state index contributed by atoms with van der Waals surface area (Å²) in [5.41, 5.74) is 2.17. The van der Waals surface area contributed by atoms with Crippen molar-refractivity contribution in [3.8, 4) is 0 Å². The van der Waals surface area contributed by atoms with Crippen molar-refractivity contribution < 1.29 is 0 Å². The van der Waals surface area contributed by atoms with Crippen LogP contribution in [0.5, 0.6) is 0 Å². The molecule has 1 N–H and O–H groups in total. The molecule has 84 valence electrons. The van der Waals surface area contributed by atoms with Crippen LogP contribution in [0.1, 0.15) is 32.0 Å². The van der Waals surface area contributed by atoms with Crippen molar-refractivity contribution >= 4 is 10.8 Å². The zero-order chi connectivity index (χ0) is 11.9. The third-order valence-electron chi connectivity index (χ3n) is 2.85. The summed E-state index contributed by atoms with van der Waals surface area (Å²) < 4.78 is 0. The molecule has 1 aromatic heterocycles. The third-order valence-corrected chi connectivity index (χ3v) is 2.85. The minimum Gasteiger partial charge on any atom is -0.326 e. The van der Waals surface area contributed by atoms with Gasteiger partial charge in [0, 0.05) is 11.1 Å². The van der Waals surface area contributed by atoms with Crippen molar-refractivity contribution in [3.05, 3.63) is 45.9 Å². The number of rotatable bonds is 0. The molecule has 0 atom stereocenters. The Morgan fingerprint density at radius 2 is 1.81 bits per heavy atom. The molecule has 0 aliphatic rings. The van der Waals surface area contributed by atoms with Crippen molar-refractivity contribution in [2.75, 3.05) is 0 Å². The molecule has 1 aromatic carbocycles. The molecular formula is C14H17NO. The van der Waals surface area contributed by atoms with Crippen LogP contribution < -0.4 is 5.56 Å². The van der Waals surface area contributed by atoms with E-state index in [0.29, 0.717) is 0 Å². The summed E-state index contributed by atoms with van der Waals surface area (Å²) in [7, 11) is 0. The lowest BCUT2D eigenvalue weighted by atomic mass is 9.86. The van der Waals surface area contributed by atoms with E-state index in [-0.39, 0.29) is 11.0 Å². The Hall–Kier alpha value is -1.57. The molecule has 0 radical (unpaired) electrons. The van der Waals surface area contributed by atoms with Gasteiger partial charge in [-0.15, -0.1) is 0 Å². The van der Waals surface area contributed by atoms with Crippen LogP contribution in [0, 0.1) is 6.92 Å². The predicted octanol–water partition coefficient (Wildman–Crippen LogP) is 3.13. The fourth-order valence-electron chi connectivity index (χ4n) is 1.86. The van der Waals surface area contributed by atoms with Crippen LogP contribution in [0.4, 0.5) is 0 Å². The van der Waals surface area contributed by atoms with Gasteiger partial charge in [0.05, 0.1) is 0 Å². The summed E-state index contributed by atoms with van der Waals surface area (Å²) in [6.07, 6.45) is 0. The lowest BCUT2D eigenvalue weighted by molar-refractivity contribution is 0.591. The number of aromatic amines is 1. The monoisotopic (exact) mass is 215 g/mol. The van der Waals surface area contributed by atoms with Crippen molar-refractivity contribution in [1.82, 2.24) is 4.98 Å². The first-order valence-electron chi connectivity index (χ1n) is 5.52. The number of hydrogen-bond acceptors (Lipinski definition) is 1. The number of pyridine rings is 1. The van der Waals surface area contributed by atoms with Gasteiger partial charge in [0.1, 0.15) is 0 Å².